The molecule has 1 amide bonds. The van der Waals surface area contributed by atoms with Gasteiger partial charge in [0.1, 0.15) is 0 Å². The third kappa shape index (κ3) is 4.28. The van der Waals surface area contributed by atoms with Crippen molar-refractivity contribution < 1.29 is 4.79 Å². The monoisotopic (exact) mass is 472 g/mol. The Morgan fingerprint density at radius 3 is 2.84 bits per heavy atom. The van der Waals surface area contributed by atoms with Crippen molar-refractivity contribution in [2.45, 2.75) is 43.8 Å². The van der Waals surface area contributed by atoms with Crippen molar-refractivity contribution in [2.24, 2.45) is 17.8 Å². The van der Waals surface area contributed by atoms with Crippen LogP contribution in [0.2, 0.25) is 5.02 Å². The van der Waals surface area contributed by atoms with E-state index in [2.05, 4.69) is 38.5 Å². The van der Waals surface area contributed by atoms with Gasteiger partial charge < -0.3 is 5.32 Å². The third-order valence-electron chi connectivity index (χ3n) is 6.71. The first-order valence-electron chi connectivity index (χ1n) is 10.8. The molecule has 31 heavy (non-hydrogen) atoms. The van der Waals surface area contributed by atoms with Gasteiger partial charge in [-0.05, 0) is 67.5 Å². The molecule has 2 fully saturated rings. The number of anilines is 1. The summed E-state index contributed by atoms with van der Waals surface area (Å²) in [6, 6.07) is 11.7. The van der Waals surface area contributed by atoms with E-state index >= 15 is 0 Å². The second-order valence-electron chi connectivity index (χ2n) is 8.55. The van der Waals surface area contributed by atoms with E-state index in [1.807, 2.05) is 18.2 Å². The average Bonchev–Trinajstić information content (AvgIpc) is 3.57. The molecule has 8 heteroatoms. The van der Waals surface area contributed by atoms with E-state index in [0.717, 1.165) is 27.7 Å². The number of hydrogen-bond donors (Lipinski definition) is 1. The predicted molar refractivity (Wildman–Crippen MR) is 128 cm³/mol. The lowest BCUT2D eigenvalue weighted by Crippen LogP contribution is -2.23. The van der Waals surface area contributed by atoms with Crippen LogP contribution in [0.3, 0.4) is 0 Å². The number of rotatable bonds is 7. The molecule has 2 aliphatic rings. The number of amides is 1. The molecule has 4 atom stereocenters. The largest absolute Gasteiger partial charge is 0.324 e. The molecule has 162 valence electrons. The summed E-state index contributed by atoms with van der Waals surface area (Å²) < 4.78 is 2.28. The van der Waals surface area contributed by atoms with E-state index in [-0.39, 0.29) is 11.7 Å². The van der Waals surface area contributed by atoms with Crippen LogP contribution in [-0.2, 0) is 4.79 Å². The molecule has 2 heterocycles. The summed E-state index contributed by atoms with van der Waals surface area (Å²) in [7, 11) is 0. The molecule has 1 aromatic carbocycles. The van der Waals surface area contributed by atoms with Crippen LogP contribution in [0.1, 0.15) is 38.6 Å². The van der Waals surface area contributed by atoms with Gasteiger partial charge in [-0.2, -0.15) is 0 Å². The fraction of sp³-hybridized carbons (Fsp3) is 0.435. The van der Waals surface area contributed by atoms with Crippen LogP contribution in [0.4, 0.5) is 5.69 Å². The number of carbonyl (C=O) groups excluding carboxylic acids is 1. The van der Waals surface area contributed by atoms with E-state index in [0.29, 0.717) is 22.7 Å². The summed E-state index contributed by atoms with van der Waals surface area (Å²) in [5, 5.41) is 15.4. The summed E-state index contributed by atoms with van der Waals surface area (Å²) in [6.07, 6.45) is 5.40. The van der Waals surface area contributed by atoms with Crippen LogP contribution >= 0.6 is 34.7 Å². The number of thioether (sulfide) groups is 1. The molecule has 2 saturated carbocycles. The highest BCUT2D eigenvalue weighted by Crippen LogP contribution is 2.53. The summed E-state index contributed by atoms with van der Waals surface area (Å²) >= 11 is 9.29. The number of nitrogens with zero attached hydrogens (tertiary/aromatic N) is 3. The van der Waals surface area contributed by atoms with Crippen molar-refractivity contribution in [1.29, 1.82) is 0 Å². The van der Waals surface area contributed by atoms with Gasteiger partial charge in [-0.3, -0.25) is 9.36 Å². The summed E-state index contributed by atoms with van der Waals surface area (Å²) in [5.74, 6) is 3.43. The topological polar surface area (TPSA) is 59.8 Å². The predicted octanol–water partition coefficient (Wildman–Crippen LogP) is 6.39. The standard InChI is InChI=1S/C23H25ClN4OS2/c1-14(17-12-15-8-9-16(17)11-15)28-22(20-7-4-10-30-20)26-27-23(28)31-13-21(29)25-19-6-3-2-5-18(19)24/h2-7,10,14-17H,8-9,11-13H2,1H3,(H,25,29)/t14-,15+,16+,17+/m0/s1. The fourth-order valence-electron chi connectivity index (χ4n) is 5.27. The molecular formula is C23H25ClN4OS2. The van der Waals surface area contributed by atoms with Crippen LogP contribution in [-0.4, -0.2) is 26.4 Å². The van der Waals surface area contributed by atoms with Gasteiger partial charge in [0, 0.05) is 6.04 Å². The molecular weight excluding hydrogens is 448 g/mol. The maximum absolute atomic E-state index is 12.6. The van der Waals surface area contributed by atoms with Crippen molar-refractivity contribution >= 4 is 46.3 Å². The smallest absolute Gasteiger partial charge is 0.234 e. The SMILES string of the molecule is C[C@@H]([C@H]1C[C@@H]2CC[C@@H]1C2)n1c(SCC(=O)Nc2ccccc2Cl)nnc1-c1cccs1. The van der Waals surface area contributed by atoms with Crippen LogP contribution < -0.4 is 5.32 Å². The molecule has 0 unspecified atom stereocenters. The van der Waals surface area contributed by atoms with Crippen molar-refractivity contribution in [1.82, 2.24) is 14.8 Å². The van der Waals surface area contributed by atoms with Crippen molar-refractivity contribution in [2.75, 3.05) is 11.1 Å². The second kappa shape index (κ2) is 8.96. The molecule has 5 rings (SSSR count). The molecule has 5 nitrogen and oxygen atoms in total. The number of carbonyl (C=O) groups is 1. The van der Waals surface area contributed by atoms with Crippen molar-refractivity contribution in [3.8, 4) is 10.7 Å². The van der Waals surface area contributed by atoms with E-state index in [4.69, 9.17) is 11.6 Å². The number of nitrogens with one attached hydrogen (secondary N) is 1. The quantitative estimate of drug-likeness (QED) is 0.405. The Kier molecular flexibility index (Phi) is 6.08. The van der Waals surface area contributed by atoms with E-state index in [9.17, 15) is 4.79 Å². The minimum absolute atomic E-state index is 0.0992. The van der Waals surface area contributed by atoms with Gasteiger partial charge in [0.25, 0.3) is 0 Å². The highest BCUT2D eigenvalue weighted by molar-refractivity contribution is 7.99. The van der Waals surface area contributed by atoms with E-state index in [1.165, 1.54) is 37.4 Å². The van der Waals surface area contributed by atoms with Crippen molar-refractivity contribution in [3.63, 3.8) is 0 Å². The maximum atomic E-state index is 12.6. The lowest BCUT2D eigenvalue weighted by molar-refractivity contribution is -0.113. The molecule has 0 saturated heterocycles. The number of benzene rings is 1. The molecule has 2 bridgehead atoms. The van der Waals surface area contributed by atoms with Gasteiger partial charge in [0.15, 0.2) is 11.0 Å². The van der Waals surface area contributed by atoms with Crippen LogP contribution in [0.15, 0.2) is 46.9 Å². The Morgan fingerprint density at radius 1 is 1.26 bits per heavy atom. The van der Waals surface area contributed by atoms with Gasteiger partial charge in [-0.25, -0.2) is 0 Å². The zero-order valence-corrected chi connectivity index (χ0v) is 19.7. The Labute approximate surface area is 195 Å². The van der Waals surface area contributed by atoms with Crippen LogP contribution in [0, 0.1) is 17.8 Å². The Morgan fingerprint density at radius 2 is 2.13 bits per heavy atom. The molecule has 0 radical (unpaired) electrons. The number of aromatic nitrogens is 3. The average molecular weight is 473 g/mol. The first kappa shape index (κ1) is 21.0. The molecule has 2 aromatic heterocycles. The Hall–Kier alpha value is -1.83. The first-order valence-corrected chi connectivity index (χ1v) is 13.0. The van der Waals surface area contributed by atoms with Gasteiger partial charge >= 0.3 is 0 Å². The highest BCUT2D eigenvalue weighted by Gasteiger charge is 2.43. The van der Waals surface area contributed by atoms with E-state index < -0.39 is 0 Å². The zero-order valence-electron chi connectivity index (χ0n) is 17.3. The lowest BCUT2D eigenvalue weighted by Gasteiger charge is -2.30. The normalized spacial score (nSPS) is 23.2. The number of thiophene rings is 1. The number of halogens is 1. The maximum Gasteiger partial charge on any atom is 0.234 e. The van der Waals surface area contributed by atoms with Gasteiger partial charge in [-0.15, -0.1) is 21.5 Å². The summed E-state index contributed by atoms with van der Waals surface area (Å²) in [5.41, 5.74) is 0.630. The summed E-state index contributed by atoms with van der Waals surface area (Å²) in [4.78, 5) is 13.7. The van der Waals surface area contributed by atoms with Gasteiger partial charge in [0.05, 0.1) is 21.3 Å². The molecule has 1 N–H and O–H groups in total. The number of fused-ring (bicyclic) bond motifs is 2. The van der Waals surface area contributed by atoms with Gasteiger partial charge in [0.2, 0.25) is 5.91 Å². The third-order valence-corrected chi connectivity index (χ3v) is 8.84. The van der Waals surface area contributed by atoms with Crippen LogP contribution in [0.5, 0.6) is 0 Å². The van der Waals surface area contributed by atoms with Crippen molar-refractivity contribution in [3.05, 3.63) is 46.8 Å². The first-order chi connectivity index (χ1) is 15.1. The summed E-state index contributed by atoms with van der Waals surface area (Å²) in [6.45, 7) is 2.31. The Balaban J connectivity index is 1.36. The highest BCUT2D eigenvalue weighted by atomic mass is 35.5. The molecule has 2 aliphatic carbocycles. The molecule has 3 aromatic rings. The minimum Gasteiger partial charge on any atom is -0.324 e. The molecule has 0 aliphatic heterocycles. The molecule has 0 spiro atoms. The number of hydrogen-bond acceptors (Lipinski definition) is 5. The Bertz CT molecular complexity index is 1070. The minimum atomic E-state index is -0.0992. The van der Waals surface area contributed by atoms with Gasteiger partial charge in [-0.1, -0.05) is 48.0 Å². The number of para-hydroxylation sites is 1. The fourth-order valence-corrected chi connectivity index (χ4v) is 6.98. The van der Waals surface area contributed by atoms with E-state index in [1.54, 1.807) is 23.5 Å². The second-order valence-corrected chi connectivity index (χ2v) is 10.8. The van der Waals surface area contributed by atoms with Crippen LogP contribution in [0.25, 0.3) is 10.7 Å². The lowest BCUT2D eigenvalue weighted by atomic mass is 9.84. The zero-order chi connectivity index (χ0) is 21.4.